The molecule has 0 amide bonds. The van der Waals surface area contributed by atoms with E-state index in [0.29, 0.717) is 38.5 Å². The fourth-order valence-electron chi connectivity index (χ4n) is 4.13. The quantitative estimate of drug-likeness (QED) is 0.899. The maximum Gasteiger partial charge on any atom is 0.171 e. The van der Waals surface area contributed by atoms with Crippen molar-refractivity contribution in [2.75, 3.05) is 44.3 Å². The molecule has 3 fully saturated rings. The van der Waals surface area contributed by atoms with E-state index in [1.807, 2.05) is 4.90 Å². The third kappa shape index (κ3) is 3.03. The molecule has 24 heavy (non-hydrogen) atoms. The summed E-state index contributed by atoms with van der Waals surface area (Å²) in [4.78, 5) is 2.02. The van der Waals surface area contributed by atoms with Gasteiger partial charge in [0.05, 0.1) is 13.2 Å². The normalized spacial score (nSPS) is 26.9. The highest BCUT2D eigenvalue weighted by Crippen LogP contribution is 2.35. The van der Waals surface area contributed by atoms with E-state index in [4.69, 9.17) is 9.47 Å². The Hall–Kier alpha value is -1.24. The first kappa shape index (κ1) is 16.2. The molecule has 132 valence electrons. The topological polar surface area (TPSA) is 33.7 Å². The minimum atomic E-state index is -0.471. The lowest BCUT2D eigenvalue weighted by atomic mass is 9.90. The first-order valence-corrected chi connectivity index (χ1v) is 8.89. The fourth-order valence-corrected chi connectivity index (χ4v) is 4.13. The lowest BCUT2D eigenvalue weighted by Gasteiger charge is -2.38. The Labute approximate surface area is 141 Å². The van der Waals surface area contributed by atoms with E-state index in [1.165, 1.54) is 12.1 Å². The van der Waals surface area contributed by atoms with Crippen LogP contribution in [0.25, 0.3) is 0 Å². The van der Waals surface area contributed by atoms with Gasteiger partial charge in [-0.15, -0.1) is 0 Å². The number of hydrogen-bond donors (Lipinski definition) is 1. The molecular weight excluding hydrogens is 314 g/mol. The molecule has 3 saturated heterocycles. The monoisotopic (exact) mass is 338 g/mol. The van der Waals surface area contributed by atoms with E-state index in [2.05, 4.69) is 5.32 Å². The van der Waals surface area contributed by atoms with Crippen LogP contribution in [0.4, 0.5) is 14.5 Å². The van der Waals surface area contributed by atoms with Gasteiger partial charge >= 0.3 is 0 Å². The van der Waals surface area contributed by atoms with Crippen molar-refractivity contribution in [3.05, 3.63) is 29.3 Å². The lowest BCUT2D eigenvalue weighted by molar-refractivity contribution is -0.169. The maximum atomic E-state index is 14.6. The molecule has 1 N–H and O–H groups in total. The van der Waals surface area contributed by atoms with Crippen LogP contribution in [0.3, 0.4) is 0 Å². The van der Waals surface area contributed by atoms with Gasteiger partial charge in [-0.05, 0) is 31.5 Å². The summed E-state index contributed by atoms with van der Waals surface area (Å²) >= 11 is 0. The molecule has 3 aliphatic heterocycles. The zero-order chi connectivity index (χ0) is 16.6. The molecule has 0 unspecified atom stereocenters. The first-order chi connectivity index (χ1) is 11.7. The van der Waals surface area contributed by atoms with Crippen LogP contribution in [0.1, 0.15) is 37.2 Å². The molecule has 1 aromatic carbocycles. The third-order valence-corrected chi connectivity index (χ3v) is 5.47. The van der Waals surface area contributed by atoms with Gasteiger partial charge in [0.25, 0.3) is 0 Å². The van der Waals surface area contributed by atoms with Crippen LogP contribution in [-0.2, 0) is 9.47 Å². The summed E-state index contributed by atoms with van der Waals surface area (Å²) in [5.41, 5.74) is 0.854. The van der Waals surface area contributed by atoms with Gasteiger partial charge in [0, 0.05) is 49.6 Å². The molecule has 0 aromatic heterocycles. The number of ether oxygens (including phenoxy) is 2. The van der Waals surface area contributed by atoms with Crippen molar-refractivity contribution in [3.63, 3.8) is 0 Å². The zero-order valence-electron chi connectivity index (χ0n) is 13.8. The molecule has 0 radical (unpaired) electrons. The van der Waals surface area contributed by atoms with Crippen molar-refractivity contribution < 1.29 is 18.3 Å². The second-order valence-corrected chi connectivity index (χ2v) is 6.96. The fraction of sp³-hybridized carbons (Fsp3) is 0.667. The van der Waals surface area contributed by atoms with Crippen molar-refractivity contribution in [1.82, 2.24) is 5.32 Å². The summed E-state index contributed by atoms with van der Waals surface area (Å²) in [6.07, 6.45) is 3.25. The van der Waals surface area contributed by atoms with Crippen molar-refractivity contribution >= 4 is 5.69 Å². The summed E-state index contributed by atoms with van der Waals surface area (Å²) in [6.45, 7) is 4.21. The Kier molecular flexibility index (Phi) is 4.45. The van der Waals surface area contributed by atoms with Gasteiger partial charge in [0.1, 0.15) is 11.6 Å². The Morgan fingerprint density at radius 3 is 2.33 bits per heavy atom. The molecule has 0 saturated carbocycles. The highest BCUT2D eigenvalue weighted by atomic mass is 19.1. The van der Waals surface area contributed by atoms with Crippen molar-refractivity contribution in [2.24, 2.45) is 0 Å². The van der Waals surface area contributed by atoms with Gasteiger partial charge in [-0.3, -0.25) is 0 Å². The van der Waals surface area contributed by atoms with E-state index in [0.717, 1.165) is 32.2 Å². The molecule has 1 atom stereocenters. The van der Waals surface area contributed by atoms with E-state index in [-0.39, 0.29) is 11.5 Å². The number of nitrogens with zero attached hydrogens (tertiary/aromatic N) is 1. The second-order valence-electron chi connectivity index (χ2n) is 6.96. The number of piperidine rings is 2. The largest absolute Gasteiger partial charge is 0.371 e. The molecule has 1 spiro atoms. The number of nitrogens with one attached hydrogen (secondary N) is 1. The van der Waals surface area contributed by atoms with Crippen molar-refractivity contribution in [1.29, 1.82) is 0 Å². The standard InChI is InChI=1S/C18H24F2N2O2/c19-15-10-14(11-16(20)17(15)13-2-1-5-21-12-13)22-6-3-18(4-7-22)23-8-9-24-18/h10-11,13,21H,1-9,12H2/t13-/m0/s1. The van der Waals surface area contributed by atoms with E-state index in [1.54, 1.807) is 0 Å². The second kappa shape index (κ2) is 6.58. The SMILES string of the molecule is Fc1cc(N2CCC3(CC2)OCCO3)cc(F)c1[C@H]1CCCNC1. The molecule has 1 aromatic rings. The Morgan fingerprint density at radius 2 is 1.75 bits per heavy atom. The van der Waals surface area contributed by atoms with Crippen LogP contribution in [0.15, 0.2) is 12.1 Å². The van der Waals surface area contributed by atoms with Crippen LogP contribution in [-0.4, -0.2) is 45.2 Å². The maximum absolute atomic E-state index is 14.6. The Bertz CT molecular complexity index is 566. The van der Waals surface area contributed by atoms with Crippen LogP contribution in [0.2, 0.25) is 0 Å². The summed E-state index contributed by atoms with van der Waals surface area (Å²) < 4.78 is 40.6. The number of anilines is 1. The molecular formula is C18H24F2N2O2. The number of hydrogen-bond acceptors (Lipinski definition) is 4. The molecule has 6 heteroatoms. The van der Waals surface area contributed by atoms with Crippen molar-refractivity contribution in [3.8, 4) is 0 Å². The predicted octanol–water partition coefficient (Wildman–Crippen LogP) is 2.78. The van der Waals surface area contributed by atoms with Gasteiger partial charge in [0.15, 0.2) is 5.79 Å². The van der Waals surface area contributed by atoms with Gasteiger partial charge < -0.3 is 19.7 Å². The molecule has 3 heterocycles. The summed E-state index contributed by atoms with van der Waals surface area (Å²) in [6, 6.07) is 2.97. The summed E-state index contributed by atoms with van der Waals surface area (Å²) in [5, 5.41) is 3.22. The minimum Gasteiger partial charge on any atom is -0.371 e. The smallest absolute Gasteiger partial charge is 0.171 e. The zero-order valence-corrected chi connectivity index (χ0v) is 13.8. The highest BCUT2D eigenvalue weighted by Gasteiger charge is 2.40. The van der Waals surface area contributed by atoms with Crippen molar-refractivity contribution in [2.45, 2.75) is 37.4 Å². The minimum absolute atomic E-state index is 0.0716. The van der Waals surface area contributed by atoms with Crippen LogP contribution < -0.4 is 10.2 Å². The van der Waals surface area contributed by atoms with Gasteiger partial charge in [-0.25, -0.2) is 8.78 Å². The average molecular weight is 338 g/mol. The number of benzene rings is 1. The average Bonchev–Trinajstić information content (AvgIpc) is 3.04. The van der Waals surface area contributed by atoms with E-state index < -0.39 is 17.4 Å². The Balaban J connectivity index is 1.50. The van der Waals surface area contributed by atoms with Crippen LogP contribution in [0.5, 0.6) is 0 Å². The molecule has 4 nitrogen and oxygen atoms in total. The van der Waals surface area contributed by atoms with Gasteiger partial charge in [0.2, 0.25) is 0 Å². The van der Waals surface area contributed by atoms with E-state index >= 15 is 0 Å². The molecule has 0 bridgehead atoms. The van der Waals surface area contributed by atoms with Gasteiger partial charge in [-0.2, -0.15) is 0 Å². The van der Waals surface area contributed by atoms with E-state index in [9.17, 15) is 8.78 Å². The highest BCUT2D eigenvalue weighted by molar-refractivity contribution is 5.50. The lowest BCUT2D eigenvalue weighted by Crippen LogP contribution is -2.45. The predicted molar refractivity (Wildman–Crippen MR) is 87.3 cm³/mol. The first-order valence-electron chi connectivity index (χ1n) is 8.89. The van der Waals surface area contributed by atoms with Gasteiger partial charge in [-0.1, -0.05) is 0 Å². The molecule has 3 aliphatic rings. The summed E-state index contributed by atoms with van der Waals surface area (Å²) in [5.74, 6) is -1.39. The number of halogens is 2. The van der Waals surface area contributed by atoms with Crippen LogP contribution in [0, 0.1) is 11.6 Å². The molecule has 0 aliphatic carbocycles. The van der Waals surface area contributed by atoms with Crippen LogP contribution >= 0.6 is 0 Å². The number of rotatable bonds is 2. The third-order valence-electron chi connectivity index (χ3n) is 5.47. The molecule has 4 rings (SSSR count). The Morgan fingerprint density at radius 1 is 1.08 bits per heavy atom. The summed E-state index contributed by atoms with van der Waals surface area (Å²) in [7, 11) is 0.